The second-order valence-corrected chi connectivity index (χ2v) is 14.2. The Morgan fingerprint density at radius 1 is 0.872 bits per heavy atom. The number of nitrogens with zero attached hydrogens (tertiary/aromatic N) is 2. The van der Waals surface area contributed by atoms with Gasteiger partial charge in [-0.2, -0.15) is 0 Å². The Kier molecular flexibility index (Phi) is 12.6. The van der Waals surface area contributed by atoms with Crippen molar-refractivity contribution in [3.8, 4) is 5.75 Å². The summed E-state index contributed by atoms with van der Waals surface area (Å²) in [6, 6.07) is 29.1. The average molecular weight is 721 g/mol. The van der Waals surface area contributed by atoms with E-state index in [2.05, 4.69) is 21.2 Å². The molecule has 0 radical (unpaired) electrons. The third kappa shape index (κ3) is 9.68. The van der Waals surface area contributed by atoms with Gasteiger partial charge in [-0.15, -0.1) is 0 Å². The molecule has 0 aliphatic heterocycles. The summed E-state index contributed by atoms with van der Waals surface area (Å²) in [4.78, 5) is 30.1. The van der Waals surface area contributed by atoms with Crippen LogP contribution in [0.1, 0.15) is 43.9 Å². The summed E-state index contributed by atoms with van der Waals surface area (Å²) in [6.45, 7) is 7.65. The van der Waals surface area contributed by atoms with Crippen LogP contribution in [0.25, 0.3) is 0 Å². The Hall–Kier alpha value is -4.15. The lowest BCUT2D eigenvalue weighted by Gasteiger charge is -2.34. The van der Waals surface area contributed by atoms with E-state index in [1.165, 1.54) is 17.0 Å². The highest BCUT2D eigenvalue weighted by Gasteiger charge is 2.35. The standard InChI is InChI=1S/C37H42BrN3O5S/c1-5-28(4)39-37(43)35(24-29-11-8-7-9-12-29)40(25-30-13-10-14-31(38)23-30)36(42)26-41(32-17-19-33(20-18-32)46-6-2)47(44,45)34-21-15-27(3)16-22-34/h7-23,28,35H,5-6,24-26H2,1-4H3,(H,39,43)/t28-,35+/m0/s1. The van der Waals surface area contributed by atoms with Gasteiger partial charge in [0.05, 0.1) is 17.2 Å². The molecule has 0 saturated heterocycles. The average Bonchev–Trinajstić information content (AvgIpc) is 3.06. The highest BCUT2D eigenvalue weighted by molar-refractivity contribution is 9.10. The van der Waals surface area contributed by atoms with Gasteiger partial charge in [0.25, 0.3) is 10.0 Å². The summed E-state index contributed by atoms with van der Waals surface area (Å²) in [5, 5.41) is 3.06. The molecule has 0 fully saturated rings. The number of benzene rings is 4. The Morgan fingerprint density at radius 2 is 1.53 bits per heavy atom. The van der Waals surface area contributed by atoms with E-state index in [4.69, 9.17) is 4.74 Å². The van der Waals surface area contributed by atoms with Crippen LogP contribution in [0.5, 0.6) is 5.75 Å². The van der Waals surface area contributed by atoms with Crippen molar-refractivity contribution >= 4 is 43.5 Å². The van der Waals surface area contributed by atoms with Crippen LogP contribution in [0.15, 0.2) is 112 Å². The lowest BCUT2D eigenvalue weighted by Crippen LogP contribution is -2.54. The lowest BCUT2D eigenvalue weighted by molar-refractivity contribution is -0.140. The molecule has 10 heteroatoms. The van der Waals surface area contributed by atoms with Crippen LogP contribution in [0.2, 0.25) is 0 Å². The fraction of sp³-hybridized carbons (Fsp3) is 0.297. The van der Waals surface area contributed by atoms with Crippen LogP contribution < -0.4 is 14.4 Å². The van der Waals surface area contributed by atoms with Crippen LogP contribution in [-0.4, -0.2) is 50.4 Å². The van der Waals surface area contributed by atoms with E-state index in [1.807, 2.05) is 82.3 Å². The summed E-state index contributed by atoms with van der Waals surface area (Å²) in [5.74, 6) is -0.244. The number of nitrogens with one attached hydrogen (secondary N) is 1. The zero-order valence-electron chi connectivity index (χ0n) is 27.2. The quantitative estimate of drug-likeness (QED) is 0.144. The van der Waals surface area contributed by atoms with Crippen molar-refractivity contribution in [2.24, 2.45) is 0 Å². The summed E-state index contributed by atoms with van der Waals surface area (Å²) in [6.07, 6.45) is 0.959. The van der Waals surface area contributed by atoms with E-state index in [0.29, 0.717) is 24.5 Å². The predicted molar refractivity (Wildman–Crippen MR) is 190 cm³/mol. The number of sulfonamides is 1. The third-order valence-corrected chi connectivity index (χ3v) is 10.1. The van der Waals surface area contributed by atoms with Crippen LogP contribution in [-0.2, 0) is 32.6 Å². The van der Waals surface area contributed by atoms with E-state index in [-0.39, 0.29) is 29.8 Å². The molecule has 4 aromatic rings. The molecule has 0 bridgehead atoms. The minimum Gasteiger partial charge on any atom is -0.494 e. The smallest absolute Gasteiger partial charge is 0.264 e. The Labute approximate surface area is 286 Å². The van der Waals surface area contributed by atoms with Gasteiger partial charge in [-0.25, -0.2) is 8.42 Å². The number of halogens is 1. The maximum Gasteiger partial charge on any atom is 0.264 e. The number of hydrogen-bond acceptors (Lipinski definition) is 5. The maximum atomic E-state index is 14.6. The maximum absolute atomic E-state index is 14.6. The highest BCUT2D eigenvalue weighted by atomic mass is 79.9. The fourth-order valence-electron chi connectivity index (χ4n) is 5.07. The van der Waals surface area contributed by atoms with E-state index < -0.39 is 28.5 Å². The minimum atomic E-state index is -4.19. The topological polar surface area (TPSA) is 96.0 Å². The fourth-order valence-corrected chi connectivity index (χ4v) is 6.93. The predicted octanol–water partition coefficient (Wildman–Crippen LogP) is 6.91. The summed E-state index contributed by atoms with van der Waals surface area (Å²) in [7, 11) is -4.19. The first-order chi connectivity index (χ1) is 22.5. The normalized spacial score (nSPS) is 12.5. The minimum absolute atomic E-state index is 0.0543. The number of aryl methyl sites for hydroxylation is 1. The number of carbonyl (C=O) groups is 2. The molecular formula is C37H42BrN3O5S. The van der Waals surface area contributed by atoms with Gasteiger partial charge in [-0.1, -0.05) is 83.0 Å². The van der Waals surface area contributed by atoms with E-state index in [1.54, 1.807) is 36.4 Å². The molecule has 4 rings (SSSR count). The first kappa shape index (κ1) is 35.7. The summed E-state index contributed by atoms with van der Waals surface area (Å²) in [5.41, 5.74) is 2.87. The van der Waals surface area contributed by atoms with Gasteiger partial charge in [0.1, 0.15) is 18.3 Å². The Balaban J connectivity index is 1.81. The monoisotopic (exact) mass is 719 g/mol. The van der Waals surface area contributed by atoms with Gasteiger partial charge in [0.2, 0.25) is 11.8 Å². The van der Waals surface area contributed by atoms with Crippen LogP contribution >= 0.6 is 15.9 Å². The zero-order chi connectivity index (χ0) is 34.0. The van der Waals surface area contributed by atoms with Crippen molar-refractivity contribution in [2.45, 2.75) is 64.1 Å². The second kappa shape index (κ2) is 16.6. The largest absolute Gasteiger partial charge is 0.494 e. The number of carbonyl (C=O) groups excluding carboxylic acids is 2. The number of rotatable bonds is 15. The van der Waals surface area contributed by atoms with Crippen molar-refractivity contribution in [3.05, 3.63) is 124 Å². The van der Waals surface area contributed by atoms with E-state index >= 15 is 0 Å². The van der Waals surface area contributed by atoms with E-state index in [0.717, 1.165) is 25.5 Å². The van der Waals surface area contributed by atoms with Crippen LogP contribution in [0.4, 0.5) is 5.69 Å². The molecule has 0 saturated carbocycles. The van der Waals surface area contributed by atoms with Crippen LogP contribution in [0, 0.1) is 6.92 Å². The van der Waals surface area contributed by atoms with Crippen molar-refractivity contribution in [3.63, 3.8) is 0 Å². The first-order valence-corrected chi connectivity index (χ1v) is 18.0. The molecule has 0 heterocycles. The Morgan fingerprint density at radius 3 is 2.15 bits per heavy atom. The SMILES string of the molecule is CCOc1ccc(N(CC(=O)N(Cc2cccc(Br)c2)[C@H](Cc2ccccc2)C(=O)N[C@@H](C)CC)S(=O)(=O)c2ccc(C)cc2)cc1. The zero-order valence-corrected chi connectivity index (χ0v) is 29.6. The first-order valence-electron chi connectivity index (χ1n) is 15.7. The van der Waals surface area contributed by atoms with Crippen LogP contribution in [0.3, 0.4) is 0 Å². The molecule has 2 atom stereocenters. The summed E-state index contributed by atoms with van der Waals surface area (Å²) >= 11 is 3.52. The number of anilines is 1. The molecule has 248 valence electrons. The van der Waals surface area contributed by atoms with Gasteiger partial charge in [0, 0.05) is 23.5 Å². The number of amides is 2. The molecule has 0 aliphatic carbocycles. The van der Waals surface area contributed by atoms with Gasteiger partial charge >= 0.3 is 0 Å². The highest BCUT2D eigenvalue weighted by Crippen LogP contribution is 2.27. The lowest BCUT2D eigenvalue weighted by atomic mass is 10.0. The van der Waals surface area contributed by atoms with Crippen molar-refractivity contribution in [1.82, 2.24) is 10.2 Å². The molecule has 1 N–H and O–H groups in total. The van der Waals surface area contributed by atoms with Crippen molar-refractivity contribution in [2.75, 3.05) is 17.5 Å². The molecule has 0 spiro atoms. The van der Waals surface area contributed by atoms with Gasteiger partial charge < -0.3 is 15.0 Å². The molecule has 47 heavy (non-hydrogen) atoms. The number of hydrogen-bond donors (Lipinski definition) is 1. The molecule has 0 aliphatic rings. The summed E-state index contributed by atoms with van der Waals surface area (Å²) < 4.78 is 36.0. The molecular weight excluding hydrogens is 678 g/mol. The van der Waals surface area contributed by atoms with Gasteiger partial charge in [0.15, 0.2) is 0 Å². The Bertz CT molecular complexity index is 1730. The third-order valence-electron chi connectivity index (χ3n) is 7.84. The number of ether oxygens (including phenoxy) is 1. The van der Waals surface area contributed by atoms with Gasteiger partial charge in [-0.05, 0) is 86.8 Å². The molecule has 0 aromatic heterocycles. The van der Waals surface area contributed by atoms with Gasteiger partial charge in [-0.3, -0.25) is 13.9 Å². The van der Waals surface area contributed by atoms with Crippen molar-refractivity contribution < 1.29 is 22.7 Å². The molecule has 0 unspecified atom stereocenters. The molecule has 2 amide bonds. The van der Waals surface area contributed by atoms with E-state index in [9.17, 15) is 18.0 Å². The second-order valence-electron chi connectivity index (χ2n) is 11.4. The molecule has 8 nitrogen and oxygen atoms in total. The molecule has 4 aromatic carbocycles. The van der Waals surface area contributed by atoms with Crippen molar-refractivity contribution in [1.29, 1.82) is 0 Å².